The topological polar surface area (TPSA) is 32.3 Å². The van der Waals surface area contributed by atoms with Gasteiger partial charge in [-0.05, 0) is 37.7 Å². The van der Waals surface area contributed by atoms with Crippen LogP contribution < -0.4 is 10.2 Å². The van der Waals surface area contributed by atoms with Crippen LogP contribution in [-0.2, 0) is 4.79 Å². The number of aryl methyl sites for hydroxylation is 1. The molecule has 4 heteroatoms. The lowest BCUT2D eigenvalue weighted by molar-refractivity contribution is -0.117. The molecule has 1 saturated heterocycles. The van der Waals surface area contributed by atoms with Crippen LogP contribution in [0.5, 0.6) is 0 Å². The summed E-state index contributed by atoms with van der Waals surface area (Å²) in [6.45, 7) is 2.36. The van der Waals surface area contributed by atoms with Gasteiger partial charge in [-0.2, -0.15) is 0 Å². The molecule has 16 heavy (non-hydrogen) atoms. The standard InChI is InChI=1S/C12H15FN2O/c1-8-5-10(3-4-11(8)13)15-7-9(14-2)6-12(15)16/h3-5,9,14H,6-7H2,1-2H3. The molecule has 0 saturated carbocycles. The van der Waals surface area contributed by atoms with Crippen LogP contribution in [0.1, 0.15) is 12.0 Å². The van der Waals surface area contributed by atoms with Gasteiger partial charge in [-0.15, -0.1) is 0 Å². The molecule has 1 aromatic carbocycles. The molecule has 0 spiro atoms. The van der Waals surface area contributed by atoms with Gasteiger partial charge in [0, 0.05) is 24.7 Å². The Balaban J connectivity index is 2.24. The van der Waals surface area contributed by atoms with Gasteiger partial charge in [0.25, 0.3) is 0 Å². The predicted molar refractivity (Wildman–Crippen MR) is 61.0 cm³/mol. The summed E-state index contributed by atoms with van der Waals surface area (Å²) in [5, 5.41) is 3.08. The summed E-state index contributed by atoms with van der Waals surface area (Å²) >= 11 is 0. The summed E-state index contributed by atoms with van der Waals surface area (Å²) in [5.74, 6) is -0.147. The number of halogens is 1. The molecular formula is C12H15FN2O. The summed E-state index contributed by atoms with van der Waals surface area (Å²) in [6, 6.07) is 4.96. The number of carbonyl (C=O) groups excluding carboxylic acids is 1. The Labute approximate surface area is 94.3 Å². The molecule has 86 valence electrons. The Hall–Kier alpha value is -1.42. The molecular weight excluding hydrogens is 207 g/mol. The van der Waals surface area contributed by atoms with E-state index in [-0.39, 0.29) is 17.8 Å². The number of carbonyl (C=O) groups is 1. The van der Waals surface area contributed by atoms with Crippen molar-refractivity contribution in [2.45, 2.75) is 19.4 Å². The summed E-state index contributed by atoms with van der Waals surface area (Å²) in [7, 11) is 1.84. The molecule has 1 amide bonds. The third kappa shape index (κ3) is 1.93. The molecule has 0 aliphatic carbocycles. The van der Waals surface area contributed by atoms with Crippen LogP contribution in [0.15, 0.2) is 18.2 Å². The van der Waals surface area contributed by atoms with Crippen molar-refractivity contribution in [3.8, 4) is 0 Å². The second-order valence-electron chi connectivity index (χ2n) is 4.13. The lowest BCUT2D eigenvalue weighted by Crippen LogP contribution is -2.30. The summed E-state index contributed by atoms with van der Waals surface area (Å²) in [6.07, 6.45) is 0.507. The van der Waals surface area contributed by atoms with E-state index >= 15 is 0 Å². The van der Waals surface area contributed by atoms with Crippen LogP contribution in [0.2, 0.25) is 0 Å². The predicted octanol–water partition coefficient (Wildman–Crippen LogP) is 1.46. The van der Waals surface area contributed by atoms with E-state index in [2.05, 4.69) is 5.32 Å². The Bertz CT molecular complexity index is 419. The molecule has 1 fully saturated rings. The summed E-state index contributed by atoms with van der Waals surface area (Å²) in [4.78, 5) is 13.4. The lowest BCUT2D eigenvalue weighted by atomic mass is 10.2. The van der Waals surface area contributed by atoms with Crippen LogP contribution in [0.3, 0.4) is 0 Å². The molecule has 0 radical (unpaired) electrons. The van der Waals surface area contributed by atoms with Crippen molar-refractivity contribution < 1.29 is 9.18 Å². The number of benzene rings is 1. The van der Waals surface area contributed by atoms with Crippen LogP contribution in [0.4, 0.5) is 10.1 Å². The molecule has 1 aliphatic rings. The van der Waals surface area contributed by atoms with Crippen molar-refractivity contribution in [3.63, 3.8) is 0 Å². The molecule has 1 atom stereocenters. The average molecular weight is 222 g/mol. The minimum Gasteiger partial charge on any atom is -0.315 e. The zero-order chi connectivity index (χ0) is 11.7. The van der Waals surface area contributed by atoms with Crippen molar-refractivity contribution in [1.82, 2.24) is 5.32 Å². The SMILES string of the molecule is CNC1CC(=O)N(c2ccc(F)c(C)c2)C1. The number of hydrogen-bond acceptors (Lipinski definition) is 2. The van der Waals surface area contributed by atoms with Gasteiger partial charge in [0.2, 0.25) is 5.91 Å². The van der Waals surface area contributed by atoms with Crippen molar-refractivity contribution in [2.24, 2.45) is 0 Å². The molecule has 1 heterocycles. The number of likely N-dealkylation sites (N-methyl/N-ethyl adjacent to an activating group) is 1. The van der Waals surface area contributed by atoms with E-state index < -0.39 is 0 Å². The molecule has 3 nitrogen and oxygen atoms in total. The summed E-state index contributed by atoms with van der Waals surface area (Å²) in [5.41, 5.74) is 1.35. The smallest absolute Gasteiger partial charge is 0.228 e. The Morgan fingerprint density at radius 2 is 2.25 bits per heavy atom. The molecule has 1 unspecified atom stereocenters. The maximum atomic E-state index is 13.1. The van der Waals surface area contributed by atoms with Crippen LogP contribution in [-0.4, -0.2) is 25.5 Å². The third-order valence-corrected chi connectivity index (χ3v) is 2.99. The van der Waals surface area contributed by atoms with E-state index in [4.69, 9.17) is 0 Å². The van der Waals surface area contributed by atoms with Crippen LogP contribution >= 0.6 is 0 Å². The minimum absolute atomic E-state index is 0.0883. The van der Waals surface area contributed by atoms with Crippen molar-refractivity contribution in [2.75, 3.05) is 18.5 Å². The Morgan fingerprint density at radius 1 is 1.50 bits per heavy atom. The molecule has 1 aromatic rings. The second kappa shape index (κ2) is 4.22. The van der Waals surface area contributed by atoms with Crippen molar-refractivity contribution >= 4 is 11.6 Å². The zero-order valence-corrected chi connectivity index (χ0v) is 9.46. The first-order valence-corrected chi connectivity index (χ1v) is 5.35. The maximum absolute atomic E-state index is 13.1. The average Bonchev–Trinajstić information content (AvgIpc) is 2.64. The van der Waals surface area contributed by atoms with Gasteiger partial charge in [-0.1, -0.05) is 0 Å². The molecule has 0 bridgehead atoms. The molecule has 1 N–H and O–H groups in total. The highest BCUT2D eigenvalue weighted by Crippen LogP contribution is 2.23. The first kappa shape index (κ1) is 11.1. The van der Waals surface area contributed by atoms with E-state index in [0.29, 0.717) is 18.5 Å². The van der Waals surface area contributed by atoms with Crippen LogP contribution in [0.25, 0.3) is 0 Å². The normalized spacial score (nSPS) is 20.6. The van der Waals surface area contributed by atoms with Gasteiger partial charge in [0.1, 0.15) is 5.82 Å². The van der Waals surface area contributed by atoms with Gasteiger partial charge in [0.05, 0.1) is 0 Å². The number of nitrogens with one attached hydrogen (secondary N) is 1. The van der Waals surface area contributed by atoms with Gasteiger partial charge >= 0.3 is 0 Å². The molecule has 1 aliphatic heterocycles. The molecule has 0 aromatic heterocycles. The number of anilines is 1. The zero-order valence-electron chi connectivity index (χ0n) is 9.46. The Kier molecular flexibility index (Phi) is 2.92. The largest absolute Gasteiger partial charge is 0.315 e. The first-order valence-electron chi connectivity index (χ1n) is 5.35. The van der Waals surface area contributed by atoms with E-state index in [0.717, 1.165) is 5.69 Å². The fourth-order valence-corrected chi connectivity index (χ4v) is 1.95. The number of amides is 1. The quantitative estimate of drug-likeness (QED) is 0.821. The van der Waals surface area contributed by atoms with Gasteiger partial charge in [-0.25, -0.2) is 4.39 Å². The lowest BCUT2D eigenvalue weighted by Gasteiger charge is -2.17. The van der Waals surface area contributed by atoms with Gasteiger partial charge in [0.15, 0.2) is 0 Å². The maximum Gasteiger partial charge on any atom is 0.228 e. The fraction of sp³-hybridized carbons (Fsp3) is 0.417. The highest BCUT2D eigenvalue weighted by atomic mass is 19.1. The van der Waals surface area contributed by atoms with E-state index in [1.807, 2.05) is 7.05 Å². The second-order valence-corrected chi connectivity index (χ2v) is 4.13. The monoisotopic (exact) mass is 222 g/mol. The highest BCUT2D eigenvalue weighted by Gasteiger charge is 2.29. The number of rotatable bonds is 2. The number of nitrogens with zero attached hydrogens (tertiary/aromatic N) is 1. The summed E-state index contributed by atoms with van der Waals surface area (Å²) < 4.78 is 13.1. The third-order valence-electron chi connectivity index (χ3n) is 2.99. The van der Waals surface area contributed by atoms with Crippen molar-refractivity contribution in [1.29, 1.82) is 0 Å². The van der Waals surface area contributed by atoms with E-state index in [1.54, 1.807) is 24.0 Å². The Morgan fingerprint density at radius 3 is 2.81 bits per heavy atom. The fourth-order valence-electron chi connectivity index (χ4n) is 1.95. The van der Waals surface area contributed by atoms with Crippen molar-refractivity contribution in [3.05, 3.63) is 29.6 Å². The van der Waals surface area contributed by atoms with Gasteiger partial charge in [-0.3, -0.25) is 4.79 Å². The highest BCUT2D eigenvalue weighted by molar-refractivity contribution is 5.96. The van der Waals surface area contributed by atoms with E-state index in [1.165, 1.54) is 6.07 Å². The van der Waals surface area contributed by atoms with E-state index in [9.17, 15) is 9.18 Å². The minimum atomic E-state index is -0.236. The number of hydrogen-bond donors (Lipinski definition) is 1. The van der Waals surface area contributed by atoms with Crippen LogP contribution in [0, 0.1) is 12.7 Å². The molecule has 2 rings (SSSR count). The van der Waals surface area contributed by atoms with Gasteiger partial charge < -0.3 is 10.2 Å². The first-order chi connectivity index (χ1) is 7.61.